The largest absolute Gasteiger partial charge is 0.495 e. The molecule has 1 atom stereocenters. The third-order valence-corrected chi connectivity index (χ3v) is 7.70. The van der Waals surface area contributed by atoms with Crippen LogP contribution in [0.25, 0.3) is 11.4 Å². The molecular weight excluding hydrogens is 452 g/mol. The highest BCUT2D eigenvalue weighted by Crippen LogP contribution is 2.38. The summed E-state index contributed by atoms with van der Waals surface area (Å²) in [5.41, 5.74) is 3.17. The minimum Gasteiger partial charge on any atom is -0.495 e. The number of amides is 1. The number of thioether (sulfide) groups is 1. The first kappa shape index (κ1) is 22.2. The zero-order chi connectivity index (χ0) is 22.0. The van der Waals surface area contributed by atoms with Gasteiger partial charge in [-0.05, 0) is 55.9 Å². The fourth-order valence-corrected chi connectivity index (χ4v) is 6.06. The lowest BCUT2D eigenvalue weighted by Gasteiger charge is -2.19. The van der Waals surface area contributed by atoms with Crippen LogP contribution in [0.3, 0.4) is 0 Å². The Morgan fingerprint density at radius 1 is 1.42 bits per heavy atom. The quantitative estimate of drug-likeness (QED) is 0.453. The summed E-state index contributed by atoms with van der Waals surface area (Å²) >= 11 is 9.25. The third-order valence-electron chi connectivity index (χ3n) is 5.44. The Balaban J connectivity index is 1.48. The van der Waals surface area contributed by atoms with Crippen molar-refractivity contribution in [3.05, 3.63) is 39.0 Å². The summed E-state index contributed by atoms with van der Waals surface area (Å²) in [6.07, 6.45) is 3.46. The van der Waals surface area contributed by atoms with Crippen molar-refractivity contribution < 1.29 is 9.53 Å². The van der Waals surface area contributed by atoms with Crippen LogP contribution in [0.4, 0.5) is 5.69 Å². The molecule has 6 nitrogen and oxygen atoms in total. The van der Waals surface area contributed by atoms with E-state index in [0.29, 0.717) is 16.5 Å². The van der Waals surface area contributed by atoms with Gasteiger partial charge in [0.25, 0.3) is 0 Å². The highest BCUT2D eigenvalue weighted by atomic mass is 35.5. The van der Waals surface area contributed by atoms with Gasteiger partial charge in [0.05, 0.1) is 18.6 Å². The van der Waals surface area contributed by atoms with Gasteiger partial charge in [0.2, 0.25) is 5.91 Å². The Bertz CT molecular complexity index is 1100. The Morgan fingerprint density at radius 3 is 3.03 bits per heavy atom. The summed E-state index contributed by atoms with van der Waals surface area (Å²) in [4.78, 5) is 14.0. The molecule has 0 saturated heterocycles. The molecule has 1 aliphatic carbocycles. The molecule has 0 bridgehead atoms. The van der Waals surface area contributed by atoms with Crippen molar-refractivity contribution in [2.45, 2.75) is 44.8 Å². The van der Waals surface area contributed by atoms with Gasteiger partial charge in [-0.2, -0.15) is 0 Å². The molecule has 4 rings (SSSR count). The molecule has 2 aromatic heterocycles. The van der Waals surface area contributed by atoms with E-state index in [4.69, 9.17) is 16.3 Å². The fourth-order valence-electron chi connectivity index (χ4n) is 3.84. The molecule has 9 heteroatoms. The number of carbonyl (C=O) groups is 1. The van der Waals surface area contributed by atoms with Gasteiger partial charge in [0.15, 0.2) is 11.0 Å². The molecule has 0 radical (unpaired) electrons. The van der Waals surface area contributed by atoms with Crippen LogP contribution in [-0.4, -0.2) is 33.5 Å². The topological polar surface area (TPSA) is 69.0 Å². The van der Waals surface area contributed by atoms with Gasteiger partial charge in [-0.3, -0.25) is 4.79 Å². The highest BCUT2D eigenvalue weighted by molar-refractivity contribution is 7.99. The van der Waals surface area contributed by atoms with Crippen molar-refractivity contribution in [1.29, 1.82) is 0 Å². The molecule has 164 valence electrons. The number of nitrogens with zero attached hydrogens (tertiary/aromatic N) is 3. The van der Waals surface area contributed by atoms with Crippen LogP contribution >= 0.6 is 34.7 Å². The lowest BCUT2D eigenvalue weighted by atomic mass is 9.88. The number of aromatic nitrogens is 3. The molecule has 0 spiro atoms. The minimum absolute atomic E-state index is 0.153. The molecule has 3 aromatic rings. The smallest absolute Gasteiger partial charge is 0.234 e. The molecule has 31 heavy (non-hydrogen) atoms. The Morgan fingerprint density at radius 2 is 2.26 bits per heavy atom. The van der Waals surface area contributed by atoms with Gasteiger partial charge in [-0.15, -0.1) is 21.5 Å². The molecule has 0 saturated carbocycles. The van der Waals surface area contributed by atoms with Crippen molar-refractivity contribution in [3.63, 3.8) is 0 Å². The van der Waals surface area contributed by atoms with E-state index in [1.807, 2.05) is 11.3 Å². The van der Waals surface area contributed by atoms with Gasteiger partial charge in [-0.25, -0.2) is 0 Å². The molecule has 0 fully saturated rings. The molecule has 1 unspecified atom stereocenters. The molecule has 2 heterocycles. The molecule has 1 N–H and O–H groups in total. The van der Waals surface area contributed by atoms with Crippen LogP contribution in [0.2, 0.25) is 5.02 Å². The van der Waals surface area contributed by atoms with E-state index >= 15 is 0 Å². The highest BCUT2D eigenvalue weighted by Gasteiger charge is 2.24. The third kappa shape index (κ3) is 4.76. The van der Waals surface area contributed by atoms with E-state index < -0.39 is 0 Å². The monoisotopic (exact) mass is 476 g/mol. The summed E-state index contributed by atoms with van der Waals surface area (Å²) in [5.74, 6) is 2.27. The van der Waals surface area contributed by atoms with E-state index in [1.54, 1.807) is 25.3 Å². The van der Waals surface area contributed by atoms with E-state index in [-0.39, 0.29) is 11.7 Å². The van der Waals surface area contributed by atoms with Gasteiger partial charge in [0.1, 0.15) is 5.75 Å². The summed E-state index contributed by atoms with van der Waals surface area (Å²) in [6, 6.07) is 5.13. The Labute approximate surface area is 195 Å². The van der Waals surface area contributed by atoms with Crippen LogP contribution < -0.4 is 10.1 Å². The number of ether oxygens (including phenoxy) is 1. The van der Waals surface area contributed by atoms with E-state index in [0.717, 1.165) is 36.3 Å². The summed E-state index contributed by atoms with van der Waals surface area (Å²) in [7, 11) is 1.56. The number of nitrogens with one attached hydrogen (secondary N) is 1. The second-order valence-electron chi connectivity index (χ2n) is 7.63. The van der Waals surface area contributed by atoms with Crippen molar-refractivity contribution in [2.75, 3.05) is 18.2 Å². The predicted octanol–water partition coefficient (Wildman–Crippen LogP) is 5.54. The number of fused-ring (bicyclic) bond motifs is 1. The predicted molar refractivity (Wildman–Crippen MR) is 128 cm³/mol. The Kier molecular flexibility index (Phi) is 6.89. The van der Waals surface area contributed by atoms with Crippen molar-refractivity contribution in [3.8, 4) is 17.1 Å². The average molecular weight is 477 g/mol. The number of thiophene rings is 1. The van der Waals surface area contributed by atoms with Gasteiger partial charge in [0, 0.05) is 27.4 Å². The first-order chi connectivity index (χ1) is 15.0. The summed E-state index contributed by atoms with van der Waals surface area (Å²) in [5, 5.41) is 15.2. The van der Waals surface area contributed by atoms with Crippen molar-refractivity contribution >= 4 is 46.3 Å². The lowest BCUT2D eigenvalue weighted by molar-refractivity contribution is -0.113. The molecule has 0 aliphatic heterocycles. The number of halogens is 1. The number of methoxy groups -OCH3 is 1. The maximum Gasteiger partial charge on any atom is 0.234 e. The number of anilines is 1. The van der Waals surface area contributed by atoms with Crippen LogP contribution in [0, 0.1) is 5.92 Å². The van der Waals surface area contributed by atoms with E-state index in [9.17, 15) is 4.79 Å². The first-order valence-corrected chi connectivity index (χ1v) is 12.5. The normalized spacial score (nSPS) is 15.5. The SMILES string of the molecule is CCn1c(SCC(=O)Nc2cc(Cl)ccc2OC)nnc1-c1csc2c1CCC(C)C2. The molecule has 1 aromatic carbocycles. The zero-order valence-electron chi connectivity index (χ0n) is 17.8. The average Bonchev–Trinajstić information content (AvgIpc) is 3.35. The van der Waals surface area contributed by atoms with Gasteiger partial charge >= 0.3 is 0 Å². The van der Waals surface area contributed by atoms with E-state index in [1.165, 1.54) is 34.2 Å². The standard InChI is InChI=1S/C22H25ClN4O2S2/c1-4-27-21(16-11-30-19-9-13(2)5-7-15(16)19)25-26-22(27)31-12-20(28)24-17-10-14(23)6-8-18(17)29-3/h6,8,10-11,13H,4-5,7,9,12H2,1-3H3,(H,24,28). The minimum atomic E-state index is -0.153. The number of rotatable bonds is 7. The number of carbonyl (C=O) groups excluding carboxylic acids is 1. The number of hydrogen-bond acceptors (Lipinski definition) is 6. The van der Waals surface area contributed by atoms with E-state index in [2.05, 4.69) is 39.3 Å². The van der Waals surface area contributed by atoms with Gasteiger partial charge in [-0.1, -0.05) is 30.3 Å². The second-order valence-corrected chi connectivity index (χ2v) is 9.97. The zero-order valence-corrected chi connectivity index (χ0v) is 20.2. The number of benzene rings is 1. The van der Waals surface area contributed by atoms with Gasteiger partial charge < -0.3 is 14.6 Å². The summed E-state index contributed by atoms with van der Waals surface area (Å²) < 4.78 is 7.39. The van der Waals surface area contributed by atoms with Crippen molar-refractivity contribution in [2.24, 2.45) is 5.92 Å². The van der Waals surface area contributed by atoms with Crippen LogP contribution in [0.15, 0.2) is 28.7 Å². The fraction of sp³-hybridized carbons (Fsp3) is 0.409. The molecule has 1 amide bonds. The Hall–Kier alpha value is -2.03. The number of hydrogen-bond donors (Lipinski definition) is 1. The van der Waals surface area contributed by atoms with Crippen LogP contribution in [-0.2, 0) is 24.2 Å². The molecule has 1 aliphatic rings. The lowest BCUT2D eigenvalue weighted by Crippen LogP contribution is -2.15. The maximum absolute atomic E-state index is 12.5. The van der Waals surface area contributed by atoms with Crippen LogP contribution in [0.1, 0.15) is 30.7 Å². The summed E-state index contributed by atoms with van der Waals surface area (Å²) in [6.45, 7) is 5.14. The first-order valence-electron chi connectivity index (χ1n) is 10.3. The second kappa shape index (κ2) is 9.63. The maximum atomic E-state index is 12.5. The van der Waals surface area contributed by atoms with Crippen LogP contribution in [0.5, 0.6) is 5.75 Å². The van der Waals surface area contributed by atoms with Crippen molar-refractivity contribution in [1.82, 2.24) is 14.8 Å². The molecular formula is C22H25ClN4O2S2.